The molecule has 0 saturated carbocycles. The van der Waals surface area contributed by atoms with Crippen molar-refractivity contribution in [3.8, 4) is 11.1 Å². The number of hydrogen-bond donors (Lipinski definition) is 2. The maximum absolute atomic E-state index is 14.2. The molecule has 3 heterocycles. The lowest BCUT2D eigenvalue weighted by Crippen LogP contribution is -2.24. The molecule has 3 aliphatic heterocycles. The van der Waals surface area contributed by atoms with Gasteiger partial charge in [0.05, 0.1) is 9.79 Å². The largest absolute Gasteiger partial charge is 0.326 e. The van der Waals surface area contributed by atoms with E-state index in [1.54, 1.807) is 12.1 Å². The number of sulfone groups is 1. The van der Waals surface area contributed by atoms with Gasteiger partial charge in [0, 0.05) is 47.2 Å². The van der Waals surface area contributed by atoms with Gasteiger partial charge < -0.3 is 10.6 Å². The highest BCUT2D eigenvalue weighted by Crippen LogP contribution is 2.49. The zero-order valence-electron chi connectivity index (χ0n) is 24.0. The van der Waals surface area contributed by atoms with Crippen LogP contribution >= 0.6 is 0 Å². The minimum Gasteiger partial charge on any atom is -0.326 e. The average Bonchev–Trinajstić information content (AvgIpc) is 3.28. The van der Waals surface area contributed by atoms with Crippen LogP contribution in [0.25, 0.3) is 32.7 Å². The van der Waals surface area contributed by atoms with E-state index in [0.29, 0.717) is 11.1 Å². The van der Waals surface area contributed by atoms with Crippen molar-refractivity contribution in [3.05, 3.63) is 131 Å². The van der Waals surface area contributed by atoms with E-state index in [0.717, 1.165) is 55.2 Å². The zero-order chi connectivity index (χ0) is 30.4. The molecule has 0 radical (unpaired) electrons. The standard InChI is InChI=1S/C38H26N2O4S/c41-35-19-29(37-25-7-3-1-5-21(25)11-15-31(37)39-35)23-9-13-27-28-14-10-24(18-34(28)45(43,44)33(27)17-23)30-20-36(42)40-32-16-12-22-6-2-4-8-26(22)38(30)32/h1-18,29-30H,19-20H2,(H,39,41)(H,40,42). The van der Waals surface area contributed by atoms with Gasteiger partial charge in [-0.05, 0) is 68.1 Å². The Morgan fingerprint density at radius 2 is 0.978 bits per heavy atom. The van der Waals surface area contributed by atoms with Gasteiger partial charge in [0.2, 0.25) is 21.7 Å². The number of carbonyl (C=O) groups excluding carboxylic acids is 2. The van der Waals surface area contributed by atoms with E-state index in [4.69, 9.17) is 0 Å². The number of rotatable bonds is 2. The van der Waals surface area contributed by atoms with E-state index in [2.05, 4.69) is 10.6 Å². The summed E-state index contributed by atoms with van der Waals surface area (Å²) in [6.07, 6.45) is 0.460. The molecule has 6 aromatic rings. The molecule has 7 heteroatoms. The van der Waals surface area contributed by atoms with E-state index in [1.807, 2.05) is 97.1 Å². The fourth-order valence-electron chi connectivity index (χ4n) is 7.63. The van der Waals surface area contributed by atoms with Crippen LogP contribution in [0.5, 0.6) is 0 Å². The number of carbonyl (C=O) groups is 2. The van der Waals surface area contributed by atoms with Gasteiger partial charge in [-0.15, -0.1) is 0 Å². The molecule has 6 aromatic carbocycles. The van der Waals surface area contributed by atoms with E-state index in [9.17, 15) is 18.0 Å². The molecule has 0 aliphatic carbocycles. The predicted octanol–water partition coefficient (Wildman–Crippen LogP) is 7.75. The second-order valence-electron chi connectivity index (χ2n) is 12.1. The Hall–Kier alpha value is -5.27. The lowest BCUT2D eigenvalue weighted by Gasteiger charge is -2.28. The fraction of sp³-hybridized carbons (Fsp3) is 0.105. The zero-order valence-corrected chi connectivity index (χ0v) is 24.8. The van der Waals surface area contributed by atoms with Crippen molar-refractivity contribution in [2.75, 3.05) is 10.6 Å². The number of benzene rings is 6. The number of hydrogen-bond acceptors (Lipinski definition) is 4. The second-order valence-corrected chi connectivity index (χ2v) is 14.0. The highest BCUT2D eigenvalue weighted by molar-refractivity contribution is 7.92. The Morgan fingerprint density at radius 3 is 1.44 bits per heavy atom. The lowest BCUT2D eigenvalue weighted by atomic mass is 9.81. The molecule has 6 nitrogen and oxygen atoms in total. The highest BCUT2D eigenvalue weighted by Gasteiger charge is 2.37. The molecule has 2 atom stereocenters. The first kappa shape index (κ1) is 26.2. The third-order valence-electron chi connectivity index (χ3n) is 9.65. The van der Waals surface area contributed by atoms with Crippen LogP contribution in [0, 0.1) is 0 Å². The van der Waals surface area contributed by atoms with Gasteiger partial charge >= 0.3 is 0 Å². The van der Waals surface area contributed by atoms with Crippen LogP contribution in [0.4, 0.5) is 11.4 Å². The van der Waals surface area contributed by atoms with Gasteiger partial charge in [-0.25, -0.2) is 8.42 Å². The Bertz CT molecular complexity index is 2250. The number of amides is 2. The first-order valence-corrected chi connectivity index (χ1v) is 16.5. The third-order valence-corrected chi connectivity index (χ3v) is 11.5. The van der Waals surface area contributed by atoms with Crippen LogP contribution in [0.3, 0.4) is 0 Å². The van der Waals surface area contributed by atoms with Crippen LogP contribution < -0.4 is 10.6 Å². The van der Waals surface area contributed by atoms with Crippen molar-refractivity contribution in [2.24, 2.45) is 0 Å². The quantitative estimate of drug-likeness (QED) is 0.210. The summed E-state index contributed by atoms with van der Waals surface area (Å²) in [5.74, 6) is -0.762. The second kappa shape index (κ2) is 9.36. The monoisotopic (exact) mass is 606 g/mol. The smallest absolute Gasteiger partial charge is 0.225 e. The lowest BCUT2D eigenvalue weighted by molar-refractivity contribution is -0.117. The number of anilines is 2. The summed E-state index contributed by atoms with van der Waals surface area (Å²) >= 11 is 0. The van der Waals surface area contributed by atoms with Crippen LogP contribution in [0.15, 0.2) is 119 Å². The van der Waals surface area contributed by atoms with Gasteiger partial charge in [-0.2, -0.15) is 0 Å². The average molecular weight is 607 g/mol. The molecule has 218 valence electrons. The molecule has 2 amide bonds. The van der Waals surface area contributed by atoms with Crippen molar-refractivity contribution in [1.29, 1.82) is 0 Å². The highest BCUT2D eigenvalue weighted by atomic mass is 32.2. The first-order chi connectivity index (χ1) is 21.9. The SMILES string of the molecule is O=C1CC(c2ccc3c(c2)S(=O)(=O)c2cc(C4CC(=O)Nc5ccc6ccccc6c54)ccc2-3)c2c(ccc3ccccc23)N1. The molecule has 2 N–H and O–H groups in total. The summed E-state index contributed by atoms with van der Waals surface area (Å²) in [6.45, 7) is 0. The molecule has 0 fully saturated rings. The van der Waals surface area contributed by atoms with Gasteiger partial charge in [0.15, 0.2) is 0 Å². The third kappa shape index (κ3) is 3.83. The van der Waals surface area contributed by atoms with Crippen molar-refractivity contribution in [3.63, 3.8) is 0 Å². The van der Waals surface area contributed by atoms with Gasteiger partial charge in [0.1, 0.15) is 0 Å². The summed E-state index contributed by atoms with van der Waals surface area (Å²) in [6, 6.07) is 35.2. The molecular weight excluding hydrogens is 580 g/mol. The Balaban J connectivity index is 1.16. The topological polar surface area (TPSA) is 92.3 Å². The summed E-state index contributed by atoms with van der Waals surface area (Å²) in [5, 5.41) is 10.2. The number of nitrogens with one attached hydrogen (secondary N) is 2. The molecule has 9 rings (SSSR count). The van der Waals surface area contributed by atoms with E-state index < -0.39 is 9.84 Å². The van der Waals surface area contributed by atoms with E-state index >= 15 is 0 Å². The minimum absolute atomic E-state index is 0.0941. The van der Waals surface area contributed by atoms with E-state index in [1.165, 1.54) is 0 Å². The maximum atomic E-state index is 14.2. The molecule has 0 saturated heterocycles. The van der Waals surface area contributed by atoms with Crippen LogP contribution in [-0.4, -0.2) is 20.2 Å². The predicted molar refractivity (Wildman–Crippen MR) is 175 cm³/mol. The van der Waals surface area contributed by atoms with Crippen molar-refractivity contribution < 1.29 is 18.0 Å². The summed E-state index contributed by atoms with van der Waals surface area (Å²) in [4.78, 5) is 26.1. The normalized spacial score (nSPS) is 19.3. The van der Waals surface area contributed by atoms with Crippen molar-refractivity contribution >= 4 is 54.6 Å². The maximum Gasteiger partial charge on any atom is 0.225 e. The van der Waals surface area contributed by atoms with Crippen LogP contribution in [0.2, 0.25) is 0 Å². The molecule has 3 aliphatic rings. The first-order valence-electron chi connectivity index (χ1n) is 15.0. The molecule has 2 unspecified atom stereocenters. The molecule has 0 spiro atoms. The van der Waals surface area contributed by atoms with Crippen LogP contribution in [0.1, 0.15) is 46.9 Å². The van der Waals surface area contributed by atoms with Gasteiger partial charge in [0.25, 0.3) is 0 Å². The molecule has 45 heavy (non-hydrogen) atoms. The fourth-order valence-corrected chi connectivity index (χ4v) is 9.38. The molecular formula is C38H26N2O4S. The molecule has 0 aromatic heterocycles. The van der Waals surface area contributed by atoms with Gasteiger partial charge in [-0.3, -0.25) is 9.59 Å². The van der Waals surface area contributed by atoms with Crippen LogP contribution in [-0.2, 0) is 19.4 Å². The van der Waals surface area contributed by atoms with Crippen molar-refractivity contribution in [1.82, 2.24) is 0 Å². The van der Waals surface area contributed by atoms with Crippen molar-refractivity contribution in [2.45, 2.75) is 34.5 Å². The van der Waals surface area contributed by atoms with E-state index in [-0.39, 0.29) is 46.3 Å². The Labute approximate surface area is 259 Å². The Morgan fingerprint density at radius 1 is 0.533 bits per heavy atom. The number of fused-ring (bicyclic) bond motifs is 9. The summed E-state index contributed by atoms with van der Waals surface area (Å²) in [5.41, 5.74) is 6.43. The summed E-state index contributed by atoms with van der Waals surface area (Å²) < 4.78 is 28.5. The summed E-state index contributed by atoms with van der Waals surface area (Å²) in [7, 11) is -3.86. The van der Waals surface area contributed by atoms with Gasteiger partial charge in [-0.1, -0.05) is 84.9 Å². The molecule has 0 bridgehead atoms. The minimum atomic E-state index is -3.86. The Kier molecular flexibility index (Phi) is 5.44.